The molecule has 26 heavy (non-hydrogen) atoms. The van der Waals surface area contributed by atoms with Crippen LogP contribution in [0.1, 0.15) is 67.2 Å². The molecule has 2 saturated carbocycles. The number of rotatable bonds is 3. The molecule has 3 fully saturated rings. The van der Waals surface area contributed by atoms with Crippen LogP contribution in [0, 0.1) is 22.7 Å². The standard InChI is InChI=1S/C19H31NO5S/c1-12(9-15(21)25-17(2,3)4)16(22)20-14-10-13-7-8-19(14,18(13,5)6)11-26(20,23)24/h12-14H,7-11H2,1-6H3/t12-,13+,14+,19+/m0/s1. The second-order valence-corrected chi connectivity index (χ2v) is 11.8. The van der Waals surface area contributed by atoms with Gasteiger partial charge in [0.05, 0.1) is 18.2 Å². The van der Waals surface area contributed by atoms with Gasteiger partial charge < -0.3 is 4.74 Å². The van der Waals surface area contributed by atoms with Crippen LogP contribution in [0.5, 0.6) is 0 Å². The van der Waals surface area contributed by atoms with Crippen molar-refractivity contribution < 1.29 is 22.7 Å². The molecule has 6 nitrogen and oxygen atoms in total. The third-order valence-electron chi connectivity index (χ3n) is 6.94. The van der Waals surface area contributed by atoms with E-state index >= 15 is 0 Å². The molecule has 1 spiro atoms. The SMILES string of the molecule is C[C@@H](CC(=O)OC(C)(C)C)C(=O)N1[C@@H]2C[C@H]3CC[C@]2(CS1(=O)=O)C3(C)C. The summed E-state index contributed by atoms with van der Waals surface area (Å²) >= 11 is 0. The van der Waals surface area contributed by atoms with Gasteiger partial charge in [-0.2, -0.15) is 0 Å². The van der Waals surface area contributed by atoms with Gasteiger partial charge in [0, 0.05) is 11.3 Å². The molecule has 0 radical (unpaired) electrons. The van der Waals surface area contributed by atoms with Gasteiger partial charge in [-0.1, -0.05) is 20.8 Å². The lowest BCUT2D eigenvalue weighted by atomic mass is 9.69. The first-order valence-electron chi connectivity index (χ1n) is 9.49. The lowest BCUT2D eigenvalue weighted by Gasteiger charge is -2.37. The molecule has 1 aliphatic heterocycles. The topological polar surface area (TPSA) is 80.8 Å². The van der Waals surface area contributed by atoms with Gasteiger partial charge in [0.2, 0.25) is 15.9 Å². The lowest BCUT2D eigenvalue weighted by molar-refractivity contribution is -0.157. The van der Waals surface area contributed by atoms with Crippen molar-refractivity contribution in [3.63, 3.8) is 0 Å². The summed E-state index contributed by atoms with van der Waals surface area (Å²) in [6.07, 6.45) is 2.54. The van der Waals surface area contributed by atoms with E-state index in [0.29, 0.717) is 5.92 Å². The van der Waals surface area contributed by atoms with Crippen molar-refractivity contribution in [3.8, 4) is 0 Å². The van der Waals surface area contributed by atoms with Crippen LogP contribution in [0.4, 0.5) is 0 Å². The summed E-state index contributed by atoms with van der Waals surface area (Å²) in [6.45, 7) is 11.2. The zero-order valence-electron chi connectivity index (χ0n) is 16.7. The summed E-state index contributed by atoms with van der Waals surface area (Å²) in [5, 5.41) is 0. The Labute approximate surface area is 156 Å². The molecule has 2 aliphatic carbocycles. The summed E-state index contributed by atoms with van der Waals surface area (Å²) in [4.78, 5) is 25.1. The van der Waals surface area contributed by atoms with E-state index in [2.05, 4.69) is 13.8 Å². The van der Waals surface area contributed by atoms with Crippen molar-refractivity contribution in [2.75, 3.05) is 5.75 Å². The summed E-state index contributed by atoms with van der Waals surface area (Å²) < 4.78 is 32.2. The van der Waals surface area contributed by atoms with Gasteiger partial charge in [0.1, 0.15) is 5.60 Å². The van der Waals surface area contributed by atoms with E-state index in [1.54, 1.807) is 27.7 Å². The van der Waals surface area contributed by atoms with E-state index in [-0.39, 0.29) is 29.0 Å². The molecule has 3 rings (SSSR count). The number of hydrogen-bond donors (Lipinski definition) is 0. The number of carbonyl (C=O) groups is 2. The highest BCUT2D eigenvalue weighted by Gasteiger charge is 2.72. The summed E-state index contributed by atoms with van der Waals surface area (Å²) in [5.41, 5.74) is -1.04. The Morgan fingerprint density at radius 2 is 1.88 bits per heavy atom. The van der Waals surface area contributed by atoms with E-state index in [1.165, 1.54) is 0 Å². The van der Waals surface area contributed by atoms with Gasteiger partial charge in [0.25, 0.3) is 0 Å². The maximum Gasteiger partial charge on any atom is 0.307 e. The molecule has 0 aromatic rings. The molecule has 2 bridgehead atoms. The molecule has 1 heterocycles. The number of sulfonamides is 1. The van der Waals surface area contributed by atoms with Crippen molar-refractivity contribution >= 4 is 21.9 Å². The smallest absolute Gasteiger partial charge is 0.307 e. The molecule has 1 saturated heterocycles. The second kappa shape index (κ2) is 5.69. The van der Waals surface area contributed by atoms with Crippen LogP contribution in [0.2, 0.25) is 0 Å². The molecule has 0 aromatic carbocycles. The zero-order valence-corrected chi connectivity index (χ0v) is 17.5. The molecule has 148 valence electrons. The van der Waals surface area contributed by atoms with Crippen molar-refractivity contribution in [2.45, 2.75) is 78.9 Å². The highest BCUT2D eigenvalue weighted by atomic mass is 32.2. The van der Waals surface area contributed by atoms with Gasteiger partial charge >= 0.3 is 5.97 Å². The lowest BCUT2D eigenvalue weighted by Crippen LogP contribution is -2.46. The third kappa shape index (κ3) is 2.77. The zero-order chi connectivity index (χ0) is 19.7. The van der Waals surface area contributed by atoms with Crippen LogP contribution in [0.3, 0.4) is 0 Å². The average Bonchev–Trinajstić information content (AvgIpc) is 2.91. The fourth-order valence-corrected chi connectivity index (χ4v) is 8.15. The minimum absolute atomic E-state index is 0.0546. The molecular weight excluding hydrogens is 354 g/mol. The van der Waals surface area contributed by atoms with Crippen LogP contribution in [-0.4, -0.2) is 42.0 Å². The monoisotopic (exact) mass is 385 g/mol. The molecule has 7 heteroatoms. The Kier molecular flexibility index (Phi) is 4.30. The van der Waals surface area contributed by atoms with Gasteiger partial charge in [-0.25, -0.2) is 12.7 Å². The number of fused-ring (bicyclic) bond motifs is 1. The Hall–Kier alpha value is -1.11. The first-order chi connectivity index (χ1) is 11.7. The van der Waals surface area contributed by atoms with E-state index in [0.717, 1.165) is 23.6 Å². The van der Waals surface area contributed by atoms with Crippen LogP contribution in [-0.2, 0) is 24.3 Å². The highest BCUT2D eigenvalue weighted by molar-refractivity contribution is 7.90. The predicted octanol–water partition coefficient (Wildman–Crippen LogP) is 2.72. The normalized spacial score (nSPS) is 35.2. The quantitative estimate of drug-likeness (QED) is 0.698. The highest BCUT2D eigenvalue weighted by Crippen LogP contribution is 2.70. The molecule has 0 unspecified atom stereocenters. The molecular formula is C19H31NO5S. The molecule has 1 amide bonds. The van der Waals surface area contributed by atoms with Crippen LogP contribution in [0.15, 0.2) is 0 Å². The van der Waals surface area contributed by atoms with E-state index in [9.17, 15) is 18.0 Å². The first-order valence-corrected chi connectivity index (χ1v) is 11.1. The number of nitrogens with zero attached hydrogens (tertiary/aromatic N) is 1. The predicted molar refractivity (Wildman–Crippen MR) is 97.6 cm³/mol. The number of amides is 1. The summed E-state index contributed by atoms with van der Waals surface area (Å²) in [7, 11) is -3.64. The van der Waals surface area contributed by atoms with Crippen molar-refractivity contribution in [1.82, 2.24) is 4.31 Å². The van der Waals surface area contributed by atoms with Crippen molar-refractivity contribution in [1.29, 1.82) is 0 Å². The number of esters is 1. The maximum atomic E-state index is 13.0. The molecule has 0 N–H and O–H groups in total. The van der Waals surface area contributed by atoms with E-state index in [1.807, 2.05) is 0 Å². The van der Waals surface area contributed by atoms with Gasteiger partial charge in [-0.3, -0.25) is 9.59 Å². The Balaban J connectivity index is 1.81. The Morgan fingerprint density at radius 1 is 1.27 bits per heavy atom. The molecule has 0 aromatic heterocycles. The Bertz CT molecular complexity index is 736. The fourth-order valence-electron chi connectivity index (χ4n) is 5.52. The largest absolute Gasteiger partial charge is 0.460 e. The van der Waals surface area contributed by atoms with Crippen LogP contribution >= 0.6 is 0 Å². The number of carbonyl (C=O) groups excluding carboxylic acids is 2. The molecule has 4 atom stereocenters. The maximum absolute atomic E-state index is 13.0. The van der Waals surface area contributed by atoms with Crippen LogP contribution < -0.4 is 0 Å². The Morgan fingerprint density at radius 3 is 2.42 bits per heavy atom. The second-order valence-electron chi connectivity index (χ2n) is 9.95. The van der Waals surface area contributed by atoms with Crippen LogP contribution in [0.25, 0.3) is 0 Å². The number of ether oxygens (including phenoxy) is 1. The minimum atomic E-state index is -3.64. The van der Waals surface area contributed by atoms with Crippen molar-refractivity contribution in [3.05, 3.63) is 0 Å². The van der Waals surface area contributed by atoms with Gasteiger partial charge in [0.15, 0.2) is 0 Å². The number of hydrogen-bond acceptors (Lipinski definition) is 5. The third-order valence-corrected chi connectivity index (χ3v) is 8.86. The first kappa shape index (κ1) is 19.6. The van der Waals surface area contributed by atoms with Gasteiger partial charge in [-0.15, -0.1) is 0 Å². The fraction of sp³-hybridized carbons (Fsp3) is 0.895. The van der Waals surface area contributed by atoms with E-state index in [4.69, 9.17) is 4.74 Å². The average molecular weight is 386 g/mol. The molecule has 3 aliphatic rings. The summed E-state index contributed by atoms with van der Waals surface area (Å²) in [5.74, 6) is -1.13. The summed E-state index contributed by atoms with van der Waals surface area (Å²) in [6, 6.07) is -0.255. The van der Waals surface area contributed by atoms with Gasteiger partial charge in [-0.05, 0) is 51.4 Å². The minimum Gasteiger partial charge on any atom is -0.460 e. The van der Waals surface area contributed by atoms with Crippen molar-refractivity contribution in [2.24, 2.45) is 22.7 Å². The van der Waals surface area contributed by atoms with E-state index < -0.39 is 33.4 Å².